The number of aliphatic hydroxyl groups excluding tert-OH is 1. The third-order valence-corrected chi connectivity index (χ3v) is 4.27. The number of likely N-dealkylation sites (tertiary alicyclic amines) is 1. The summed E-state index contributed by atoms with van der Waals surface area (Å²) in [6, 6.07) is 19.0. The normalized spacial score (nSPS) is 17.6. The molecule has 1 atom stereocenters. The number of aliphatic hydroxyl groups is 1. The minimum atomic E-state index is -0.330. The van der Waals surface area contributed by atoms with Crippen molar-refractivity contribution in [3.8, 4) is 0 Å². The number of nitrogens with one attached hydrogen (secondary N) is 1. The monoisotopic (exact) mass is 310 g/mol. The molecule has 0 radical (unpaired) electrons. The fourth-order valence-corrected chi connectivity index (χ4v) is 3.04. The van der Waals surface area contributed by atoms with Crippen LogP contribution in [0.25, 0.3) is 0 Å². The number of nitrogens with zero attached hydrogens (tertiary/aromatic N) is 1. The maximum atomic E-state index is 12.9. The molecule has 1 fully saturated rings. The van der Waals surface area contributed by atoms with Crippen LogP contribution in [0, 0.1) is 0 Å². The number of hydrogen-bond acceptors (Lipinski definition) is 3. The van der Waals surface area contributed by atoms with Crippen molar-refractivity contribution in [2.24, 2.45) is 0 Å². The van der Waals surface area contributed by atoms with Crippen LogP contribution >= 0.6 is 0 Å². The summed E-state index contributed by atoms with van der Waals surface area (Å²) in [6.07, 6.45) is 1.17. The number of amides is 1. The van der Waals surface area contributed by atoms with Gasteiger partial charge in [0.2, 0.25) is 5.91 Å². The molecular weight excluding hydrogens is 288 g/mol. The lowest BCUT2D eigenvalue weighted by Crippen LogP contribution is -2.43. The van der Waals surface area contributed by atoms with E-state index in [0.717, 1.165) is 24.3 Å². The van der Waals surface area contributed by atoms with Gasteiger partial charge in [0, 0.05) is 18.8 Å². The predicted molar refractivity (Wildman–Crippen MR) is 91.1 cm³/mol. The van der Waals surface area contributed by atoms with Crippen LogP contribution < -0.4 is 5.32 Å². The standard InChI is InChI=1S/C19H22N2O2/c22-17-11-13-21(14-12-17)18(15-7-3-1-4-8-15)19(23)20-16-9-5-2-6-10-16/h1-10,17-18,22H,11-14H2,(H,20,23)/t18-/m1/s1. The van der Waals surface area contributed by atoms with Gasteiger partial charge in [-0.05, 0) is 30.5 Å². The fourth-order valence-electron chi connectivity index (χ4n) is 3.04. The summed E-state index contributed by atoms with van der Waals surface area (Å²) in [7, 11) is 0. The van der Waals surface area contributed by atoms with Crippen molar-refractivity contribution in [3.63, 3.8) is 0 Å². The Hall–Kier alpha value is -2.17. The van der Waals surface area contributed by atoms with Gasteiger partial charge in [-0.2, -0.15) is 0 Å². The molecular formula is C19H22N2O2. The molecule has 1 aliphatic rings. The summed E-state index contributed by atoms with van der Waals surface area (Å²) in [6.45, 7) is 1.45. The van der Waals surface area contributed by atoms with E-state index >= 15 is 0 Å². The molecule has 1 saturated heterocycles. The zero-order valence-electron chi connectivity index (χ0n) is 13.1. The topological polar surface area (TPSA) is 52.6 Å². The Morgan fingerprint density at radius 1 is 1.00 bits per heavy atom. The number of rotatable bonds is 4. The van der Waals surface area contributed by atoms with Crippen molar-refractivity contribution in [1.29, 1.82) is 0 Å². The highest BCUT2D eigenvalue weighted by Crippen LogP contribution is 2.26. The number of piperidine rings is 1. The first kappa shape index (κ1) is 15.7. The van der Waals surface area contributed by atoms with E-state index in [1.807, 2.05) is 60.7 Å². The van der Waals surface area contributed by atoms with Gasteiger partial charge in [0.1, 0.15) is 6.04 Å². The molecule has 0 unspecified atom stereocenters. The van der Waals surface area contributed by atoms with Gasteiger partial charge in [-0.1, -0.05) is 48.5 Å². The Labute approximate surface area is 136 Å². The number of carbonyl (C=O) groups excluding carboxylic acids is 1. The first-order chi connectivity index (χ1) is 11.2. The van der Waals surface area contributed by atoms with Crippen LogP contribution in [-0.2, 0) is 4.79 Å². The van der Waals surface area contributed by atoms with Crippen LogP contribution in [-0.4, -0.2) is 35.1 Å². The molecule has 3 rings (SSSR count). The number of para-hydroxylation sites is 1. The Kier molecular flexibility index (Phi) is 5.05. The molecule has 4 heteroatoms. The number of hydrogen-bond donors (Lipinski definition) is 2. The lowest BCUT2D eigenvalue weighted by Gasteiger charge is -2.35. The van der Waals surface area contributed by atoms with E-state index < -0.39 is 0 Å². The lowest BCUT2D eigenvalue weighted by molar-refractivity contribution is -0.122. The van der Waals surface area contributed by atoms with E-state index in [-0.39, 0.29) is 18.1 Å². The Morgan fingerprint density at radius 2 is 1.57 bits per heavy atom. The molecule has 23 heavy (non-hydrogen) atoms. The molecule has 0 aromatic heterocycles. The van der Waals surface area contributed by atoms with Crippen LogP contribution in [0.1, 0.15) is 24.4 Å². The molecule has 2 aromatic rings. The zero-order valence-corrected chi connectivity index (χ0v) is 13.1. The molecule has 2 aromatic carbocycles. The van der Waals surface area contributed by atoms with Gasteiger partial charge in [0.15, 0.2) is 0 Å². The molecule has 1 amide bonds. The van der Waals surface area contributed by atoms with Crippen molar-refractivity contribution < 1.29 is 9.90 Å². The average molecular weight is 310 g/mol. The van der Waals surface area contributed by atoms with Crippen LogP contribution in [0.15, 0.2) is 60.7 Å². The molecule has 0 bridgehead atoms. The maximum absolute atomic E-state index is 12.9. The quantitative estimate of drug-likeness (QED) is 0.913. The van der Waals surface area contributed by atoms with Crippen molar-refractivity contribution in [3.05, 3.63) is 66.2 Å². The maximum Gasteiger partial charge on any atom is 0.246 e. The van der Waals surface area contributed by atoms with E-state index in [9.17, 15) is 9.90 Å². The second kappa shape index (κ2) is 7.40. The highest BCUT2D eigenvalue weighted by Gasteiger charge is 2.30. The SMILES string of the molecule is O=C(Nc1ccccc1)[C@@H](c1ccccc1)N1CCC(O)CC1. The fraction of sp³-hybridized carbons (Fsp3) is 0.316. The average Bonchev–Trinajstić information content (AvgIpc) is 2.59. The third-order valence-electron chi connectivity index (χ3n) is 4.27. The highest BCUT2D eigenvalue weighted by molar-refractivity contribution is 5.95. The smallest absolute Gasteiger partial charge is 0.246 e. The minimum absolute atomic E-state index is 0.0289. The molecule has 0 saturated carbocycles. The summed E-state index contributed by atoms with van der Waals surface area (Å²) in [5.74, 6) is -0.0289. The van der Waals surface area contributed by atoms with Gasteiger partial charge in [0.05, 0.1) is 6.10 Å². The van der Waals surface area contributed by atoms with Gasteiger partial charge in [-0.3, -0.25) is 9.69 Å². The molecule has 120 valence electrons. The molecule has 1 aliphatic heterocycles. The predicted octanol–water partition coefficient (Wildman–Crippen LogP) is 2.82. The summed E-state index contributed by atoms with van der Waals surface area (Å²) >= 11 is 0. The summed E-state index contributed by atoms with van der Waals surface area (Å²) in [4.78, 5) is 15.0. The van der Waals surface area contributed by atoms with Gasteiger partial charge in [-0.15, -0.1) is 0 Å². The second-order valence-electron chi connectivity index (χ2n) is 5.94. The van der Waals surface area contributed by atoms with Crippen molar-refractivity contribution >= 4 is 11.6 Å². The van der Waals surface area contributed by atoms with Crippen molar-refractivity contribution in [1.82, 2.24) is 4.90 Å². The van der Waals surface area contributed by atoms with Crippen molar-refractivity contribution in [2.75, 3.05) is 18.4 Å². The molecule has 0 spiro atoms. The van der Waals surface area contributed by atoms with Gasteiger partial charge < -0.3 is 10.4 Å². The van der Waals surface area contributed by atoms with E-state index in [0.29, 0.717) is 12.8 Å². The van der Waals surface area contributed by atoms with Gasteiger partial charge >= 0.3 is 0 Å². The van der Waals surface area contributed by atoms with Crippen molar-refractivity contribution in [2.45, 2.75) is 25.0 Å². The molecule has 4 nitrogen and oxygen atoms in total. The Bertz CT molecular complexity index is 622. The lowest BCUT2D eigenvalue weighted by atomic mass is 9.99. The number of benzene rings is 2. The zero-order chi connectivity index (χ0) is 16.1. The molecule has 1 heterocycles. The summed E-state index contributed by atoms with van der Waals surface area (Å²) in [5.41, 5.74) is 1.78. The van der Waals surface area contributed by atoms with E-state index in [4.69, 9.17) is 0 Å². The van der Waals surface area contributed by atoms with Gasteiger partial charge in [-0.25, -0.2) is 0 Å². The minimum Gasteiger partial charge on any atom is -0.393 e. The number of anilines is 1. The largest absolute Gasteiger partial charge is 0.393 e. The third kappa shape index (κ3) is 3.97. The molecule has 2 N–H and O–H groups in total. The van der Waals surface area contributed by atoms with E-state index in [1.54, 1.807) is 0 Å². The van der Waals surface area contributed by atoms with E-state index in [1.165, 1.54) is 0 Å². The van der Waals surface area contributed by atoms with Crippen LogP contribution in [0.5, 0.6) is 0 Å². The Balaban J connectivity index is 1.81. The van der Waals surface area contributed by atoms with Gasteiger partial charge in [0.25, 0.3) is 0 Å². The first-order valence-electron chi connectivity index (χ1n) is 8.07. The van der Waals surface area contributed by atoms with E-state index in [2.05, 4.69) is 10.2 Å². The second-order valence-corrected chi connectivity index (χ2v) is 5.94. The first-order valence-corrected chi connectivity index (χ1v) is 8.07. The number of carbonyl (C=O) groups is 1. The van der Waals surface area contributed by atoms with Crippen LogP contribution in [0.2, 0.25) is 0 Å². The van der Waals surface area contributed by atoms with Crippen LogP contribution in [0.3, 0.4) is 0 Å². The summed E-state index contributed by atoms with van der Waals surface area (Å²) < 4.78 is 0. The van der Waals surface area contributed by atoms with Crippen LogP contribution in [0.4, 0.5) is 5.69 Å². The Morgan fingerprint density at radius 3 is 2.17 bits per heavy atom. The highest BCUT2D eigenvalue weighted by atomic mass is 16.3. The summed E-state index contributed by atoms with van der Waals surface area (Å²) in [5, 5.41) is 12.7. The molecule has 0 aliphatic carbocycles.